The third-order valence-corrected chi connectivity index (χ3v) is 3.32. The highest BCUT2D eigenvalue weighted by Crippen LogP contribution is 2.44. The molecule has 102 valence electrons. The summed E-state index contributed by atoms with van der Waals surface area (Å²) in [6, 6.07) is 2.80. The summed E-state index contributed by atoms with van der Waals surface area (Å²) in [7, 11) is 0. The van der Waals surface area contributed by atoms with Gasteiger partial charge in [-0.25, -0.2) is 4.39 Å². The number of nitrogens with zero attached hydrogens (tertiary/aromatic N) is 1. The number of hydrogen-bond acceptors (Lipinski definition) is 4. The fourth-order valence-corrected chi connectivity index (χ4v) is 1.73. The molecule has 0 spiro atoms. The normalized spacial score (nSPS) is 15.9. The summed E-state index contributed by atoms with van der Waals surface area (Å²) < 4.78 is 13.5. The minimum Gasteiger partial charge on any atom is -0.396 e. The lowest BCUT2D eigenvalue weighted by atomic mass is 10.1. The molecular formula is C12H13FN2O4. The molecule has 1 aromatic carbocycles. The number of carbonyl (C=O) groups excluding carboxylic acids is 1. The molecule has 0 aromatic heterocycles. The molecule has 1 aliphatic rings. The number of aliphatic hydroxyl groups excluding tert-OH is 1. The van der Waals surface area contributed by atoms with Gasteiger partial charge >= 0.3 is 0 Å². The van der Waals surface area contributed by atoms with Crippen molar-refractivity contribution in [3.63, 3.8) is 0 Å². The van der Waals surface area contributed by atoms with Gasteiger partial charge in [0.2, 0.25) is 0 Å². The predicted molar refractivity (Wildman–Crippen MR) is 64.1 cm³/mol. The van der Waals surface area contributed by atoms with Crippen LogP contribution < -0.4 is 5.32 Å². The third kappa shape index (κ3) is 2.87. The summed E-state index contributed by atoms with van der Waals surface area (Å²) in [6.07, 6.45) is 1.61. The van der Waals surface area contributed by atoms with E-state index in [4.69, 9.17) is 5.11 Å². The Kier molecular flexibility index (Phi) is 3.48. The van der Waals surface area contributed by atoms with Crippen molar-refractivity contribution < 1.29 is 19.2 Å². The Balaban J connectivity index is 2.10. The van der Waals surface area contributed by atoms with Crippen LogP contribution in [-0.4, -0.2) is 29.1 Å². The van der Waals surface area contributed by atoms with Crippen molar-refractivity contribution in [2.45, 2.75) is 12.8 Å². The molecule has 0 aliphatic heterocycles. The summed E-state index contributed by atoms with van der Waals surface area (Å²) in [5.74, 6) is -1.52. The molecule has 1 aromatic rings. The highest BCUT2D eigenvalue weighted by molar-refractivity contribution is 5.95. The van der Waals surface area contributed by atoms with Crippen molar-refractivity contribution in [2.75, 3.05) is 13.2 Å². The molecule has 19 heavy (non-hydrogen) atoms. The SMILES string of the molecule is O=C(NCC1(CO)CC1)c1cc([N+](=O)[O-])ccc1F. The molecule has 0 unspecified atom stereocenters. The van der Waals surface area contributed by atoms with Crippen molar-refractivity contribution >= 4 is 11.6 Å². The van der Waals surface area contributed by atoms with Crippen LogP contribution in [0.4, 0.5) is 10.1 Å². The fraction of sp³-hybridized carbons (Fsp3) is 0.417. The quantitative estimate of drug-likeness (QED) is 0.620. The van der Waals surface area contributed by atoms with E-state index in [0.29, 0.717) is 0 Å². The molecule has 6 nitrogen and oxygen atoms in total. The lowest BCUT2D eigenvalue weighted by Gasteiger charge is -2.12. The first-order chi connectivity index (χ1) is 8.97. The van der Waals surface area contributed by atoms with Crippen LogP contribution in [0, 0.1) is 21.3 Å². The highest BCUT2D eigenvalue weighted by Gasteiger charge is 2.42. The van der Waals surface area contributed by atoms with E-state index in [1.807, 2.05) is 0 Å². The van der Waals surface area contributed by atoms with Crippen molar-refractivity contribution in [3.8, 4) is 0 Å². The minimum atomic E-state index is -0.808. The Morgan fingerprint density at radius 3 is 2.74 bits per heavy atom. The van der Waals surface area contributed by atoms with Crippen molar-refractivity contribution in [2.24, 2.45) is 5.41 Å². The van der Waals surface area contributed by atoms with Crippen LogP contribution in [0.3, 0.4) is 0 Å². The number of nitrogens with one attached hydrogen (secondary N) is 1. The Labute approximate surface area is 108 Å². The van der Waals surface area contributed by atoms with E-state index >= 15 is 0 Å². The molecule has 2 N–H and O–H groups in total. The molecular weight excluding hydrogens is 255 g/mol. The van der Waals surface area contributed by atoms with Crippen molar-refractivity contribution in [1.82, 2.24) is 5.32 Å². The molecule has 1 saturated carbocycles. The van der Waals surface area contributed by atoms with E-state index in [2.05, 4.69) is 5.32 Å². The first-order valence-electron chi connectivity index (χ1n) is 5.80. The number of nitro groups is 1. The topological polar surface area (TPSA) is 92.5 Å². The van der Waals surface area contributed by atoms with Gasteiger partial charge in [-0.3, -0.25) is 14.9 Å². The van der Waals surface area contributed by atoms with Gasteiger partial charge in [-0.15, -0.1) is 0 Å². The van der Waals surface area contributed by atoms with Crippen LogP contribution in [0.5, 0.6) is 0 Å². The van der Waals surface area contributed by atoms with Gasteiger partial charge in [-0.2, -0.15) is 0 Å². The lowest BCUT2D eigenvalue weighted by molar-refractivity contribution is -0.384. The van der Waals surface area contributed by atoms with Gasteiger partial charge in [0.25, 0.3) is 11.6 Å². The van der Waals surface area contributed by atoms with Gasteiger partial charge in [0.05, 0.1) is 17.1 Å². The zero-order chi connectivity index (χ0) is 14.0. The molecule has 0 saturated heterocycles. The van der Waals surface area contributed by atoms with E-state index in [-0.39, 0.29) is 29.8 Å². The monoisotopic (exact) mass is 268 g/mol. The number of halogens is 1. The van der Waals surface area contributed by atoms with Crippen LogP contribution in [0.2, 0.25) is 0 Å². The van der Waals surface area contributed by atoms with Crippen molar-refractivity contribution in [3.05, 3.63) is 39.7 Å². The number of non-ortho nitro benzene ring substituents is 1. The van der Waals surface area contributed by atoms with E-state index in [9.17, 15) is 19.3 Å². The summed E-state index contributed by atoms with van der Waals surface area (Å²) in [6.45, 7) is 0.204. The average molecular weight is 268 g/mol. The molecule has 0 atom stereocenters. The van der Waals surface area contributed by atoms with E-state index in [0.717, 1.165) is 31.0 Å². The molecule has 0 radical (unpaired) electrons. The van der Waals surface area contributed by atoms with Crippen molar-refractivity contribution in [1.29, 1.82) is 0 Å². The third-order valence-electron chi connectivity index (χ3n) is 3.32. The van der Waals surface area contributed by atoms with Crippen LogP contribution in [-0.2, 0) is 0 Å². The maximum absolute atomic E-state index is 13.5. The Morgan fingerprint density at radius 1 is 1.53 bits per heavy atom. The minimum absolute atomic E-state index is 0.0370. The van der Waals surface area contributed by atoms with E-state index < -0.39 is 16.6 Å². The second kappa shape index (κ2) is 4.93. The van der Waals surface area contributed by atoms with Gasteiger partial charge in [0, 0.05) is 24.1 Å². The number of benzene rings is 1. The van der Waals surface area contributed by atoms with Crippen LogP contribution in [0.25, 0.3) is 0 Å². The summed E-state index contributed by atoms with van der Waals surface area (Å²) >= 11 is 0. The zero-order valence-corrected chi connectivity index (χ0v) is 10.1. The highest BCUT2D eigenvalue weighted by atomic mass is 19.1. The average Bonchev–Trinajstić information content (AvgIpc) is 3.17. The van der Waals surface area contributed by atoms with Gasteiger partial charge < -0.3 is 10.4 Å². The first-order valence-corrected chi connectivity index (χ1v) is 5.80. The fourth-order valence-electron chi connectivity index (χ4n) is 1.73. The number of aliphatic hydroxyl groups is 1. The standard InChI is InChI=1S/C12H13FN2O4/c13-10-2-1-8(15(18)19)5-9(10)11(17)14-6-12(7-16)3-4-12/h1-2,5,16H,3-4,6-7H2,(H,14,17). The van der Waals surface area contributed by atoms with Crippen LogP contribution in [0.1, 0.15) is 23.2 Å². The molecule has 1 fully saturated rings. The smallest absolute Gasteiger partial charge is 0.270 e. The van der Waals surface area contributed by atoms with Gasteiger partial charge in [-0.1, -0.05) is 0 Å². The lowest BCUT2D eigenvalue weighted by Crippen LogP contribution is -2.32. The summed E-state index contributed by atoms with van der Waals surface area (Å²) in [5.41, 5.74) is -0.995. The maximum atomic E-state index is 13.5. The molecule has 1 amide bonds. The number of amides is 1. The Hall–Kier alpha value is -2.02. The number of hydrogen-bond donors (Lipinski definition) is 2. The van der Waals surface area contributed by atoms with E-state index in [1.165, 1.54) is 0 Å². The largest absolute Gasteiger partial charge is 0.396 e. The van der Waals surface area contributed by atoms with Gasteiger partial charge in [0.15, 0.2) is 0 Å². The number of carbonyl (C=O) groups is 1. The predicted octanol–water partition coefficient (Wildman–Crippen LogP) is 1.24. The van der Waals surface area contributed by atoms with Gasteiger partial charge in [0.1, 0.15) is 5.82 Å². The summed E-state index contributed by atoms with van der Waals surface area (Å²) in [4.78, 5) is 21.7. The second-order valence-electron chi connectivity index (χ2n) is 4.76. The maximum Gasteiger partial charge on any atom is 0.270 e. The van der Waals surface area contributed by atoms with Gasteiger partial charge in [-0.05, 0) is 18.9 Å². The molecule has 1 aliphatic carbocycles. The number of nitro benzene ring substituents is 1. The van der Waals surface area contributed by atoms with Crippen LogP contribution in [0.15, 0.2) is 18.2 Å². The first kappa shape index (κ1) is 13.4. The Morgan fingerprint density at radius 2 is 2.21 bits per heavy atom. The summed E-state index contributed by atoms with van der Waals surface area (Å²) in [5, 5.41) is 22.2. The molecule has 0 heterocycles. The molecule has 7 heteroatoms. The Bertz CT molecular complexity index is 528. The van der Waals surface area contributed by atoms with E-state index in [1.54, 1.807) is 0 Å². The zero-order valence-electron chi connectivity index (χ0n) is 10.1. The second-order valence-corrected chi connectivity index (χ2v) is 4.76. The van der Waals surface area contributed by atoms with Crippen LogP contribution >= 0.6 is 0 Å². The number of rotatable bonds is 5. The molecule has 0 bridgehead atoms. The molecule has 2 rings (SSSR count).